The molecule has 0 amide bonds. The molecule has 14 rings (SSSR count). The zero-order valence-electron chi connectivity index (χ0n) is 43.7. The van der Waals surface area contributed by atoms with E-state index in [-0.39, 0.29) is 28.4 Å². The highest BCUT2D eigenvalue weighted by atomic mass is 16.7. The first-order chi connectivity index (χ1) is 38.5. The molecule has 79 heavy (non-hydrogen) atoms. The highest BCUT2D eigenvalue weighted by molar-refractivity contribution is 6.62. The number of ether oxygens (including phenoxy) is 2. The van der Waals surface area contributed by atoms with E-state index >= 15 is 0 Å². The van der Waals surface area contributed by atoms with Crippen molar-refractivity contribution < 1.29 is 33.5 Å². The quantitative estimate of drug-likeness (QED) is 0.133. The summed E-state index contributed by atoms with van der Waals surface area (Å²) in [4.78, 5) is 46.0. The summed E-state index contributed by atoms with van der Waals surface area (Å²) in [5, 5.41) is 11.9. The van der Waals surface area contributed by atoms with Crippen molar-refractivity contribution in [2.24, 2.45) is 0 Å². The average molecular weight is 1030 g/mol. The van der Waals surface area contributed by atoms with Crippen LogP contribution in [0, 0.1) is 20.8 Å². The summed E-state index contributed by atoms with van der Waals surface area (Å²) in [6.45, 7) is 8.13. The van der Waals surface area contributed by atoms with E-state index in [2.05, 4.69) is 152 Å². The van der Waals surface area contributed by atoms with Gasteiger partial charge in [-0.15, -0.1) is 0 Å². The zero-order chi connectivity index (χ0) is 53.6. The van der Waals surface area contributed by atoms with Gasteiger partial charge in [0.2, 0.25) is 6.29 Å². The average Bonchev–Trinajstić information content (AvgIpc) is 4.44. The van der Waals surface area contributed by atoms with Crippen LogP contribution in [0.4, 0.5) is 0 Å². The van der Waals surface area contributed by atoms with Crippen molar-refractivity contribution in [3.63, 3.8) is 0 Å². The van der Waals surface area contributed by atoms with Crippen LogP contribution in [-0.2, 0) is 14.0 Å². The van der Waals surface area contributed by atoms with E-state index in [1.807, 2.05) is 31.2 Å². The van der Waals surface area contributed by atoms with Gasteiger partial charge < -0.3 is 33.9 Å². The molecule has 1 aliphatic carbocycles. The SMILES string of the molecule is Cc1ccc(-c2c3nc(c(-c4ccc(C)cc4)c4ccc([nH]4)c(-c4ccc(B5O[C@H]6[C@H](O)[C@@H](Oc7cccc8c7C(=O)c7ccccc7C8=O)O[C@@H](C)[C@H]6O5)cc4)c4nc(c(-c5ccc(C)cc5)c5ccc2[nH]5)C=C4)C=C3)cc1. The van der Waals surface area contributed by atoms with E-state index in [0.29, 0.717) is 11.1 Å². The molecule has 384 valence electrons. The molecule has 5 atom stereocenters. The molecule has 2 fully saturated rings. The van der Waals surface area contributed by atoms with Crippen molar-refractivity contribution in [1.82, 2.24) is 19.9 Å². The Balaban J connectivity index is 0.867. The molecule has 3 N–H and O–H groups in total. The number of hydrogen-bond donors (Lipinski definition) is 3. The molecule has 8 bridgehead atoms. The lowest BCUT2D eigenvalue weighted by atomic mass is 9.78. The van der Waals surface area contributed by atoms with Crippen molar-refractivity contribution in [2.75, 3.05) is 0 Å². The van der Waals surface area contributed by atoms with Gasteiger partial charge in [0.1, 0.15) is 18.0 Å². The number of carbonyl (C=O) groups is 2. The Labute approximate surface area is 456 Å². The van der Waals surface area contributed by atoms with E-state index < -0.39 is 37.8 Å². The molecule has 0 radical (unpaired) electrons. The highest BCUT2D eigenvalue weighted by Crippen LogP contribution is 2.41. The second-order valence-corrected chi connectivity index (χ2v) is 21.0. The summed E-state index contributed by atoms with van der Waals surface area (Å²) in [7, 11) is -0.846. The predicted molar refractivity (Wildman–Crippen MR) is 311 cm³/mol. The van der Waals surface area contributed by atoms with E-state index in [9.17, 15) is 14.7 Å². The number of benzene rings is 6. The van der Waals surface area contributed by atoms with Crippen LogP contribution in [0.2, 0.25) is 0 Å². The van der Waals surface area contributed by atoms with Crippen LogP contribution < -0.4 is 10.2 Å². The number of nitrogens with zero attached hydrogens (tertiary/aromatic N) is 2. The summed E-state index contributed by atoms with van der Waals surface area (Å²) in [5.74, 6) is -0.463. The molecule has 0 saturated carbocycles. The van der Waals surface area contributed by atoms with Crippen LogP contribution in [0.3, 0.4) is 0 Å². The van der Waals surface area contributed by atoms with Gasteiger partial charge >= 0.3 is 7.12 Å². The van der Waals surface area contributed by atoms with Gasteiger partial charge in [0.15, 0.2) is 11.6 Å². The summed E-state index contributed by atoms with van der Waals surface area (Å²) in [5.41, 5.74) is 19.9. The number of aliphatic hydroxyl groups is 1. The second kappa shape index (κ2) is 19.2. The van der Waals surface area contributed by atoms with Crippen LogP contribution in [0.1, 0.15) is 78.2 Å². The topological polar surface area (TPSA) is 149 Å². The summed E-state index contributed by atoms with van der Waals surface area (Å²) in [6.07, 6.45) is 3.83. The standard InChI is InChI=1S/C67H51BN4O7/c1-36-12-18-40(19-13-36)57-48-28-30-50(69-48)58(41-20-14-37(2)15-21-41)52-32-34-54(71-52)60(55-35-33-53(72-55)59(51-31-29-49(57)70-51)42-22-16-38(3)17-23-42)43-24-26-44(27-25-43)68-78-65-39(4)76-67(64(75)66(65)79-68)77-56-11-7-10-47-61(56)63(74)46-9-6-5-8-45(46)62(47)73/h5-35,39,64-67,69,72,75H,1-4H3/t39-,64-,65+,66-,67+/m0/s1. The van der Waals surface area contributed by atoms with Gasteiger partial charge in [-0.1, -0.05) is 150 Å². The number of rotatable bonds is 7. The van der Waals surface area contributed by atoms with Crippen LogP contribution in [0.5, 0.6) is 5.75 Å². The van der Waals surface area contributed by atoms with Gasteiger partial charge in [0, 0.05) is 61.0 Å². The minimum atomic E-state index is -1.30. The van der Waals surface area contributed by atoms with Gasteiger partial charge in [-0.2, -0.15) is 0 Å². The van der Waals surface area contributed by atoms with E-state index in [4.69, 9.17) is 28.8 Å². The maximum atomic E-state index is 13.8. The first-order valence-corrected chi connectivity index (χ1v) is 26.6. The number of ketones is 2. The van der Waals surface area contributed by atoms with Gasteiger partial charge in [0.05, 0.1) is 40.5 Å². The van der Waals surface area contributed by atoms with E-state index in [1.54, 1.807) is 42.5 Å². The highest BCUT2D eigenvalue weighted by Gasteiger charge is 2.54. The first kappa shape index (κ1) is 48.3. The number of aromatic amines is 2. The number of aliphatic hydroxyl groups excluding tert-OH is 1. The Morgan fingerprint density at radius 3 is 1.33 bits per heavy atom. The Morgan fingerprint density at radius 1 is 0.468 bits per heavy atom. The monoisotopic (exact) mass is 1030 g/mol. The third kappa shape index (κ3) is 8.39. The van der Waals surface area contributed by atoms with Gasteiger partial charge in [-0.25, -0.2) is 9.97 Å². The van der Waals surface area contributed by atoms with Crippen molar-refractivity contribution in [2.45, 2.75) is 58.4 Å². The molecule has 5 aliphatic rings. The molecule has 9 aromatic rings. The molecule has 6 aromatic carbocycles. The summed E-state index contributed by atoms with van der Waals surface area (Å²) < 4.78 is 25.7. The van der Waals surface area contributed by atoms with Gasteiger partial charge in [-0.3, -0.25) is 9.59 Å². The number of aromatic nitrogens is 4. The Bertz CT molecular complexity index is 4170. The van der Waals surface area contributed by atoms with Crippen molar-refractivity contribution in [3.05, 3.63) is 226 Å². The van der Waals surface area contributed by atoms with E-state index in [0.717, 1.165) is 106 Å². The lowest BCUT2D eigenvalue weighted by Crippen LogP contribution is -2.57. The minimum Gasteiger partial charge on any atom is -0.461 e. The Morgan fingerprint density at radius 2 is 0.873 bits per heavy atom. The third-order valence-electron chi connectivity index (χ3n) is 15.7. The van der Waals surface area contributed by atoms with Gasteiger partial charge in [-0.05, 0) is 110 Å². The number of carbonyl (C=O) groups excluding carboxylic acids is 2. The molecule has 2 saturated heterocycles. The lowest BCUT2D eigenvalue weighted by Gasteiger charge is -2.39. The number of aryl methyl sites for hydroxylation is 3. The molecule has 12 heteroatoms. The van der Waals surface area contributed by atoms with Crippen LogP contribution in [0.15, 0.2) is 164 Å². The Kier molecular flexibility index (Phi) is 11.7. The number of H-pyrrole nitrogens is 2. The fourth-order valence-corrected chi connectivity index (χ4v) is 11.6. The van der Waals surface area contributed by atoms with Crippen molar-refractivity contribution in [1.29, 1.82) is 0 Å². The Hall–Kier alpha value is -9.04. The van der Waals surface area contributed by atoms with Crippen molar-refractivity contribution in [3.8, 4) is 50.3 Å². The fourth-order valence-electron chi connectivity index (χ4n) is 11.6. The molecule has 3 aromatic heterocycles. The third-order valence-corrected chi connectivity index (χ3v) is 15.7. The minimum absolute atomic E-state index is 0.135. The van der Waals surface area contributed by atoms with Crippen LogP contribution >= 0.6 is 0 Å². The molecule has 0 spiro atoms. The lowest BCUT2D eigenvalue weighted by molar-refractivity contribution is -0.244. The van der Waals surface area contributed by atoms with E-state index in [1.165, 1.54) is 5.56 Å². The molecule has 4 aliphatic heterocycles. The zero-order valence-corrected chi connectivity index (χ0v) is 43.7. The molecule has 11 nitrogen and oxygen atoms in total. The fraction of sp³-hybridized carbons (Fsp3) is 0.134. The molecule has 7 heterocycles. The maximum Gasteiger partial charge on any atom is 0.494 e. The largest absolute Gasteiger partial charge is 0.494 e. The molecular formula is C67H51BN4O7. The van der Waals surface area contributed by atoms with Crippen LogP contribution in [0.25, 0.3) is 90.9 Å². The summed E-state index contributed by atoms with van der Waals surface area (Å²) in [6, 6.07) is 53.9. The number of hydrogen-bond acceptors (Lipinski definition) is 9. The van der Waals surface area contributed by atoms with Crippen LogP contribution in [-0.4, -0.2) is 74.4 Å². The molecular weight excluding hydrogens is 984 g/mol. The summed E-state index contributed by atoms with van der Waals surface area (Å²) >= 11 is 0. The van der Waals surface area contributed by atoms with Crippen molar-refractivity contribution >= 4 is 70.5 Å². The normalized spacial score (nSPS) is 19.1. The second-order valence-electron chi connectivity index (χ2n) is 21.0. The number of nitrogens with one attached hydrogen (secondary N) is 2. The maximum absolute atomic E-state index is 13.8. The smallest absolute Gasteiger partial charge is 0.461 e. The first-order valence-electron chi connectivity index (χ1n) is 26.6. The molecule has 0 unspecified atom stereocenters. The predicted octanol–water partition coefficient (Wildman–Crippen LogP) is 12.7. The van der Waals surface area contributed by atoms with Gasteiger partial charge in [0.25, 0.3) is 0 Å². The number of fused-ring (bicyclic) bond motifs is 11.